The van der Waals surface area contributed by atoms with Crippen LogP contribution in [0.15, 0.2) is 29.8 Å². The van der Waals surface area contributed by atoms with E-state index in [2.05, 4.69) is 27.9 Å². The highest BCUT2D eigenvalue weighted by atomic mass is 16.1. The number of carbonyl (C=O) groups excluding carboxylic acids is 1. The summed E-state index contributed by atoms with van der Waals surface area (Å²) < 4.78 is 2.09. The van der Waals surface area contributed by atoms with Crippen molar-refractivity contribution < 1.29 is 4.79 Å². The van der Waals surface area contributed by atoms with E-state index in [4.69, 9.17) is 0 Å². The first-order valence-electron chi connectivity index (χ1n) is 8.60. The smallest absolute Gasteiger partial charge is 0.251 e. The molecule has 122 valence electrons. The summed E-state index contributed by atoms with van der Waals surface area (Å²) in [4.78, 5) is 16.9. The molecule has 4 heteroatoms. The van der Waals surface area contributed by atoms with E-state index in [1.54, 1.807) is 0 Å². The highest BCUT2D eigenvalue weighted by Crippen LogP contribution is 2.20. The van der Waals surface area contributed by atoms with Crippen LogP contribution in [0.3, 0.4) is 0 Å². The molecule has 4 nitrogen and oxygen atoms in total. The Balaban J connectivity index is 1.65. The zero-order valence-electron chi connectivity index (χ0n) is 14.1. The van der Waals surface area contributed by atoms with E-state index >= 15 is 0 Å². The Kier molecular flexibility index (Phi) is 4.79. The standard InChI is InChI=1S/C19H25N3O/c1-3-18-21-16-13-15(9-10-17(16)22(18)2)19(23)20-12-11-14-7-5-4-6-8-14/h7,9-10,13H,3-6,8,11-12H2,1-2H3,(H,20,23). The number of allylic oxidation sites excluding steroid dienone is 1. The fourth-order valence-corrected chi connectivity index (χ4v) is 3.28. The van der Waals surface area contributed by atoms with Crippen molar-refractivity contribution in [2.24, 2.45) is 7.05 Å². The van der Waals surface area contributed by atoms with E-state index in [1.807, 2.05) is 25.2 Å². The second-order valence-electron chi connectivity index (χ2n) is 6.26. The van der Waals surface area contributed by atoms with Crippen molar-refractivity contribution in [2.75, 3.05) is 6.54 Å². The molecule has 23 heavy (non-hydrogen) atoms. The van der Waals surface area contributed by atoms with Gasteiger partial charge in [0.05, 0.1) is 11.0 Å². The minimum Gasteiger partial charge on any atom is -0.352 e. The van der Waals surface area contributed by atoms with E-state index in [0.717, 1.165) is 29.7 Å². The predicted molar refractivity (Wildman–Crippen MR) is 93.6 cm³/mol. The first kappa shape index (κ1) is 15.8. The van der Waals surface area contributed by atoms with Gasteiger partial charge in [-0.3, -0.25) is 4.79 Å². The van der Waals surface area contributed by atoms with Crippen LogP contribution in [0.2, 0.25) is 0 Å². The van der Waals surface area contributed by atoms with Gasteiger partial charge in [-0.15, -0.1) is 0 Å². The topological polar surface area (TPSA) is 46.9 Å². The average Bonchev–Trinajstić information content (AvgIpc) is 2.91. The summed E-state index contributed by atoms with van der Waals surface area (Å²) in [5.74, 6) is 1.04. The number of rotatable bonds is 5. The fourth-order valence-electron chi connectivity index (χ4n) is 3.28. The number of amides is 1. The molecule has 2 aromatic rings. The highest BCUT2D eigenvalue weighted by molar-refractivity contribution is 5.97. The van der Waals surface area contributed by atoms with Crippen LogP contribution in [0.1, 0.15) is 55.2 Å². The summed E-state index contributed by atoms with van der Waals surface area (Å²) in [5.41, 5.74) is 4.15. The number of imidazole rings is 1. The minimum atomic E-state index is -0.00740. The van der Waals surface area contributed by atoms with Crippen LogP contribution in [0, 0.1) is 0 Å². The first-order valence-corrected chi connectivity index (χ1v) is 8.60. The molecule has 0 saturated carbocycles. The largest absolute Gasteiger partial charge is 0.352 e. The zero-order chi connectivity index (χ0) is 16.2. The third kappa shape index (κ3) is 3.46. The fraction of sp³-hybridized carbons (Fsp3) is 0.474. The van der Waals surface area contributed by atoms with Crippen LogP contribution in [0.5, 0.6) is 0 Å². The number of benzene rings is 1. The number of aryl methyl sites for hydroxylation is 2. The molecule has 0 atom stereocenters. The van der Waals surface area contributed by atoms with Crippen LogP contribution < -0.4 is 5.32 Å². The Labute approximate surface area is 137 Å². The summed E-state index contributed by atoms with van der Waals surface area (Å²) in [7, 11) is 2.02. The molecule has 1 amide bonds. The number of aromatic nitrogens is 2. The average molecular weight is 311 g/mol. The normalized spacial score (nSPS) is 14.8. The molecule has 0 spiro atoms. The molecule has 3 rings (SSSR count). The van der Waals surface area contributed by atoms with Crippen molar-refractivity contribution in [3.63, 3.8) is 0 Å². The maximum absolute atomic E-state index is 12.3. The Hall–Kier alpha value is -2.10. The van der Waals surface area contributed by atoms with Crippen LogP contribution in [0.25, 0.3) is 11.0 Å². The number of carbonyl (C=O) groups is 1. The van der Waals surface area contributed by atoms with Gasteiger partial charge in [0.25, 0.3) is 5.91 Å². The Bertz CT molecular complexity index is 742. The molecule has 1 N–H and O–H groups in total. The third-order valence-electron chi connectivity index (χ3n) is 4.67. The second-order valence-corrected chi connectivity index (χ2v) is 6.26. The summed E-state index contributed by atoms with van der Waals surface area (Å²) in [6.45, 7) is 2.81. The number of nitrogens with one attached hydrogen (secondary N) is 1. The quantitative estimate of drug-likeness (QED) is 0.855. The van der Waals surface area contributed by atoms with Gasteiger partial charge in [-0.1, -0.05) is 18.6 Å². The maximum atomic E-state index is 12.3. The lowest BCUT2D eigenvalue weighted by molar-refractivity contribution is 0.0954. The van der Waals surface area contributed by atoms with Gasteiger partial charge in [-0.05, 0) is 50.3 Å². The lowest BCUT2D eigenvalue weighted by Crippen LogP contribution is -2.24. The second kappa shape index (κ2) is 6.99. The number of nitrogens with zero attached hydrogens (tertiary/aromatic N) is 2. The molecular formula is C19H25N3O. The number of fused-ring (bicyclic) bond motifs is 1. The van der Waals surface area contributed by atoms with Gasteiger partial charge in [0.15, 0.2) is 0 Å². The van der Waals surface area contributed by atoms with Crippen molar-refractivity contribution in [3.8, 4) is 0 Å². The van der Waals surface area contributed by atoms with Crippen LogP contribution in [-0.2, 0) is 13.5 Å². The van der Waals surface area contributed by atoms with Crippen LogP contribution >= 0.6 is 0 Å². The molecule has 0 unspecified atom stereocenters. The van der Waals surface area contributed by atoms with E-state index < -0.39 is 0 Å². The minimum absolute atomic E-state index is 0.00740. The van der Waals surface area contributed by atoms with Crippen LogP contribution in [0.4, 0.5) is 0 Å². The van der Waals surface area contributed by atoms with E-state index in [0.29, 0.717) is 12.1 Å². The van der Waals surface area contributed by atoms with Crippen molar-refractivity contribution >= 4 is 16.9 Å². The molecule has 1 aliphatic carbocycles. The highest BCUT2D eigenvalue weighted by Gasteiger charge is 2.11. The Morgan fingerprint density at radius 1 is 1.35 bits per heavy atom. The molecule has 0 saturated heterocycles. The molecule has 0 radical (unpaired) electrons. The Morgan fingerprint density at radius 2 is 2.22 bits per heavy atom. The number of hydrogen-bond donors (Lipinski definition) is 1. The molecule has 0 fully saturated rings. The maximum Gasteiger partial charge on any atom is 0.251 e. The lowest BCUT2D eigenvalue weighted by Gasteiger charge is -2.13. The van der Waals surface area contributed by atoms with Crippen molar-refractivity contribution in [2.45, 2.75) is 45.4 Å². The van der Waals surface area contributed by atoms with Gasteiger partial charge in [0.1, 0.15) is 5.82 Å². The SMILES string of the molecule is CCc1nc2cc(C(=O)NCCC3=CCCCC3)ccc2n1C. The van der Waals surface area contributed by atoms with Gasteiger partial charge >= 0.3 is 0 Å². The molecule has 1 aromatic heterocycles. The molecule has 0 aliphatic heterocycles. The molecular weight excluding hydrogens is 286 g/mol. The summed E-state index contributed by atoms with van der Waals surface area (Å²) in [6, 6.07) is 5.77. The molecule has 1 heterocycles. The van der Waals surface area contributed by atoms with Gasteiger partial charge in [-0.25, -0.2) is 4.98 Å². The van der Waals surface area contributed by atoms with Crippen molar-refractivity contribution in [1.29, 1.82) is 0 Å². The van der Waals surface area contributed by atoms with Crippen LogP contribution in [-0.4, -0.2) is 22.0 Å². The van der Waals surface area contributed by atoms with E-state index in [1.165, 1.54) is 31.3 Å². The van der Waals surface area contributed by atoms with Gasteiger partial charge < -0.3 is 9.88 Å². The number of hydrogen-bond acceptors (Lipinski definition) is 2. The summed E-state index contributed by atoms with van der Waals surface area (Å²) in [6.07, 6.45) is 9.17. The lowest BCUT2D eigenvalue weighted by atomic mass is 9.97. The zero-order valence-corrected chi connectivity index (χ0v) is 14.1. The summed E-state index contributed by atoms with van der Waals surface area (Å²) in [5, 5.41) is 3.03. The van der Waals surface area contributed by atoms with E-state index in [-0.39, 0.29) is 5.91 Å². The molecule has 1 aromatic carbocycles. The van der Waals surface area contributed by atoms with Crippen molar-refractivity contribution in [3.05, 3.63) is 41.2 Å². The first-order chi connectivity index (χ1) is 11.2. The van der Waals surface area contributed by atoms with E-state index in [9.17, 15) is 4.79 Å². The molecule has 0 bridgehead atoms. The van der Waals surface area contributed by atoms with Gasteiger partial charge in [-0.2, -0.15) is 0 Å². The molecule has 1 aliphatic rings. The predicted octanol–water partition coefficient (Wildman–Crippen LogP) is 3.76. The Morgan fingerprint density at radius 3 is 2.96 bits per heavy atom. The third-order valence-corrected chi connectivity index (χ3v) is 4.67. The summed E-state index contributed by atoms with van der Waals surface area (Å²) >= 11 is 0. The van der Waals surface area contributed by atoms with Gasteiger partial charge in [0.2, 0.25) is 0 Å². The van der Waals surface area contributed by atoms with Gasteiger partial charge in [0, 0.05) is 25.6 Å². The monoisotopic (exact) mass is 311 g/mol. The van der Waals surface area contributed by atoms with Crippen molar-refractivity contribution in [1.82, 2.24) is 14.9 Å².